The second kappa shape index (κ2) is 2.92. The van der Waals surface area contributed by atoms with Crippen molar-refractivity contribution >= 4 is 19.7 Å². The Bertz CT molecular complexity index is 227. The lowest BCUT2D eigenvalue weighted by molar-refractivity contribution is -0.136. The van der Waals surface area contributed by atoms with Crippen LogP contribution in [0.2, 0.25) is 5.31 Å². The van der Waals surface area contributed by atoms with Crippen LogP contribution in [0.1, 0.15) is 26.7 Å². The molecule has 1 aliphatic rings. The Balaban J connectivity index is 2.80. The van der Waals surface area contributed by atoms with Gasteiger partial charge in [0.1, 0.15) is 7.85 Å². The second-order valence-electron chi connectivity index (χ2n) is 3.95. The molecule has 1 unspecified atom stereocenters. The molecule has 0 aromatic carbocycles. The largest absolute Gasteiger partial charge is 0.297 e. The van der Waals surface area contributed by atoms with Gasteiger partial charge in [-0.05, 0) is 12.3 Å². The first-order chi connectivity index (χ1) is 5.47. The van der Waals surface area contributed by atoms with Gasteiger partial charge < -0.3 is 0 Å². The molecule has 1 rings (SSSR count). The van der Waals surface area contributed by atoms with E-state index in [1.807, 2.05) is 21.7 Å². The molecular formula is C8H14BNO2. The van der Waals surface area contributed by atoms with Crippen LogP contribution in [0.25, 0.3) is 0 Å². The minimum Gasteiger partial charge on any atom is -0.297 e. The van der Waals surface area contributed by atoms with Crippen LogP contribution in [-0.2, 0) is 9.59 Å². The third-order valence-corrected chi connectivity index (χ3v) is 2.92. The number of carbonyl (C=O) groups excluding carboxylic acids is 2. The van der Waals surface area contributed by atoms with Gasteiger partial charge in [0.2, 0.25) is 11.8 Å². The molecular weight excluding hydrogens is 153 g/mol. The van der Waals surface area contributed by atoms with E-state index in [-0.39, 0.29) is 23.0 Å². The summed E-state index contributed by atoms with van der Waals surface area (Å²) in [7, 11) is 1.92. The van der Waals surface area contributed by atoms with Gasteiger partial charge in [-0.15, -0.1) is 0 Å². The van der Waals surface area contributed by atoms with Gasteiger partial charge in [0, 0.05) is 11.7 Å². The smallest absolute Gasteiger partial charge is 0.226 e. The minimum absolute atomic E-state index is 0.117. The average Bonchev–Trinajstić information content (AvgIpc) is 1.97. The maximum Gasteiger partial charge on any atom is 0.226 e. The predicted molar refractivity (Wildman–Crippen MR) is 48.5 cm³/mol. The van der Waals surface area contributed by atoms with Gasteiger partial charge in [0.05, 0.1) is 0 Å². The van der Waals surface area contributed by atoms with Crippen LogP contribution in [0, 0.1) is 5.92 Å². The fourth-order valence-corrected chi connectivity index (χ4v) is 1.37. The molecule has 1 saturated heterocycles. The Hall–Kier alpha value is -0.795. The fourth-order valence-electron chi connectivity index (χ4n) is 1.37. The molecule has 12 heavy (non-hydrogen) atoms. The van der Waals surface area contributed by atoms with Crippen molar-refractivity contribution in [2.24, 2.45) is 5.92 Å². The summed E-state index contributed by atoms with van der Waals surface area (Å²) >= 11 is 0. The van der Waals surface area contributed by atoms with E-state index < -0.39 is 0 Å². The van der Waals surface area contributed by atoms with E-state index in [1.54, 1.807) is 0 Å². The molecule has 1 atom stereocenters. The Morgan fingerprint density at radius 1 is 1.50 bits per heavy atom. The zero-order chi connectivity index (χ0) is 9.35. The van der Waals surface area contributed by atoms with Gasteiger partial charge in [-0.3, -0.25) is 14.9 Å². The molecule has 4 heteroatoms. The minimum atomic E-state index is -0.353. The highest BCUT2D eigenvalue weighted by Gasteiger charge is 2.40. The highest BCUT2D eigenvalue weighted by molar-refractivity contribution is 6.30. The van der Waals surface area contributed by atoms with Crippen molar-refractivity contribution in [2.75, 3.05) is 0 Å². The molecule has 3 nitrogen and oxygen atoms in total. The number of rotatable bonds is 1. The van der Waals surface area contributed by atoms with Gasteiger partial charge in [0.25, 0.3) is 0 Å². The number of piperidine rings is 1. The zero-order valence-corrected chi connectivity index (χ0v) is 7.81. The average molecular weight is 167 g/mol. The number of imide groups is 1. The van der Waals surface area contributed by atoms with Crippen LogP contribution in [0.5, 0.6) is 0 Å². The van der Waals surface area contributed by atoms with Crippen molar-refractivity contribution in [3.63, 3.8) is 0 Å². The van der Waals surface area contributed by atoms with Crippen molar-refractivity contribution in [3.05, 3.63) is 0 Å². The third kappa shape index (κ3) is 1.38. The topological polar surface area (TPSA) is 46.2 Å². The third-order valence-electron chi connectivity index (χ3n) is 2.92. The van der Waals surface area contributed by atoms with Crippen LogP contribution in [0.4, 0.5) is 0 Å². The quantitative estimate of drug-likeness (QED) is 0.436. The van der Waals surface area contributed by atoms with Crippen LogP contribution in [0.15, 0.2) is 0 Å². The van der Waals surface area contributed by atoms with E-state index in [0.717, 1.165) is 0 Å². The summed E-state index contributed by atoms with van der Waals surface area (Å²) in [6, 6.07) is 0. The Labute approximate surface area is 73.3 Å². The van der Waals surface area contributed by atoms with Gasteiger partial charge in [0.15, 0.2) is 0 Å². The van der Waals surface area contributed by atoms with E-state index in [0.29, 0.717) is 12.8 Å². The van der Waals surface area contributed by atoms with Crippen molar-refractivity contribution in [3.8, 4) is 0 Å². The summed E-state index contributed by atoms with van der Waals surface area (Å²) in [5.74, 6) is 0.0254. The Morgan fingerprint density at radius 2 is 2.08 bits per heavy atom. The summed E-state index contributed by atoms with van der Waals surface area (Å²) < 4.78 is 0. The van der Waals surface area contributed by atoms with Crippen molar-refractivity contribution in [2.45, 2.75) is 32.0 Å². The molecule has 1 aliphatic heterocycles. The van der Waals surface area contributed by atoms with Gasteiger partial charge in [-0.2, -0.15) is 0 Å². The summed E-state index contributed by atoms with van der Waals surface area (Å²) in [5, 5.41) is 2.02. The maximum atomic E-state index is 11.4. The van der Waals surface area contributed by atoms with Crippen LogP contribution in [-0.4, -0.2) is 19.7 Å². The van der Waals surface area contributed by atoms with E-state index in [4.69, 9.17) is 0 Å². The monoisotopic (exact) mass is 167 g/mol. The van der Waals surface area contributed by atoms with E-state index in [1.165, 1.54) is 0 Å². The fraction of sp³-hybridized carbons (Fsp3) is 0.750. The van der Waals surface area contributed by atoms with E-state index in [9.17, 15) is 9.59 Å². The lowest BCUT2D eigenvalue weighted by atomic mass is 9.57. The Kier molecular flexibility index (Phi) is 2.26. The van der Waals surface area contributed by atoms with Crippen LogP contribution in [0.3, 0.4) is 0 Å². The Morgan fingerprint density at radius 3 is 2.50 bits per heavy atom. The van der Waals surface area contributed by atoms with E-state index in [2.05, 4.69) is 5.32 Å². The molecule has 2 amide bonds. The first-order valence-electron chi connectivity index (χ1n) is 4.31. The molecule has 0 saturated carbocycles. The number of amides is 2. The summed E-state index contributed by atoms with van der Waals surface area (Å²) in [4.78, 5) is 22.3. The molecule has 1 N–H and O–H groups in total. The molecule has 0 aromatic rings. The highest BCUT2D eigenvalue weighted by Crippen LogP contribution is 2.39. The van der Waals surface area contributed by atoms with Gasteiger partial charge in [-0.25, -0.2) is 0 Å². The molecule has 1 heterocycles. The first-order valence-corrected chi connectivity index (χ1v) is 4.31. The molecule has 0 bridgehead atoms. The van der Waals surface area contributed by atoms with Crippen molar-refractivity contribution in [1.29, 1.82) is 0 Å². The normalized spacial score (nSPS) is 30.6. The lowest BCUT2D eigenvalue weighted by Crippen LogP contribution is -2.47. The van der Waals surface area contributed by atoms with Crippen LogP contribution >= 0.6 is 0 Å². The standard InChI is InChI=1S/C8H14BNO2/c1-5(2)8(9)4-3-6(11)10-7(8)12/h5H,3-4,9H2,1-2H3,(H,10,11,12). The molecule has 0 spiro atoms. The molecule has 0 aliphatic carbocycles. The number of nitrogens with one attached hydrogen (secondary N) is 1. The van der Waals surface area contributed by atoms with Gasteiger partial charge >= 0.3 is 0 Å². The SMILES string of the molecule is BC1(C(C)C)CCC(=O)NC1=O. The zero-order valence-electron chi connectivity index (χ0n) is 7.81. The summed E-state index contributed by atoms with van der Waals surface area (Å²) in [6.07, 6.45) is 1.15. The van der Waals surface area contributed by atoms with E-state index >= 15 is 0 Å². The lowest BCUT2D eigenvalue weighted by Gasteiger charge is -2.35. The number of hydrogen-bond acceptors (Lipinski definition) is 2. The first kappa shape index (κ1) is 9.29. The predicted octanol–water partition coefficient (Wildman–Crippen LogP) is -0.129. The summed E-state index contributed by atoms with van der Waals surface area (Å²) in [6.45, 7) is 4.02. The summed E-state index contributed by atoms with van der Waals surface area (Å²) in [5.41, 5.74) is 0. The molecule has 1 fully saturated rings. The van der Waals surface area contributed by atoms with Crippen molar-refractivity contribution in [1.82, 2.24) is 5.32 Å². The van der Waals surface area contributed by atoms with Crippen molar-refractivity contribution < 1.29 is 9.59 Å². The molecule has 0 aromatic heterocycles. The second-order valence-corrected chi connectivity index (χ2v) is 3.95. The number of hydrogen-bond donors (Lipinski definition) is 1. The highest BCUT2D eigenvalue weighted by atomic mass is 16.2. The molecule has 66 valence electrons. The molecule has 0 radical (unpaired) electrons. The van der Waals surface area contributed by atoms with Gasteiger partial charge in [-0.1, -0.05) is 13.8 Å². The maximum absolute atomic E-state index is 11.4. The van der Waals surface area contributed by atoms with Crippen LogP contribution < -0.4 is 5.32 Å². The number of carbonyl (C=O) groups is 2.